The monoisotopic (exact) mass is 1950 g/mol. The maximum absolute atomic E-state index is 14.6. The Labute approximate surface area is 832 Å². The first-order chi connectivity index (χ1) is 68.6. The molecule has 11 aromatic carbocycles. The molecule has 0 aromatic heterocycles. The molecule has 0 aliphatic heterocycles. The minimum absolute atomic E-state index is 0.00757. The molecular weight excluding hydrogens is 1850 g/mol. The van der Waals surface area contributed by atoms with Gasteiger partial charge in [-0.2, -0.15) is 0 Å². The van der Waals surface area contributed by atoms with Crippen molar-refractivity contribution in [1.82, 2.24) is 0 Å². The summed E-state index contributed by atoms with van der Waals surface area (Å²) in [6.45, 7) is 52.2. The van der Waals surface area contributed by atoms with E-state index in [9.17, 15) is 61.5 Å². The molecule has 0 saturated carbocycles. The van der Waals surface area contributed by atoms with Crippen LogP contribution < -0.4 is 52.1 Å². The van der Waals surface area contributed by atoms with Crippen LogP contribution >= 0.6 is 0 Å². The zero-order chi connectivity index (χ0) is 106. The Kier molecular flexibility index (Phi) is 44.3. The quantitative estimate of drug-likeness (QED) is 0.00866. The summed E-state index contributed by atoms with van der Waals surface area (Å²) in [5, 5.41) is 0. The second-order valence-electron chi connectivity index (χ2n) is 31.0. The molecule has 0 atom stereocenters. The predicted octanol–water partition coefficient (Wildman–Crippen LogP) is 24.2. The smallest absolute Gasteiger partial charge is 0.338 e. The predicted molar refractivity (Wildman–Crippen MR) is 543 cm³/mol. The third kappa shape index (κ3) is 38.0. The molecule has 11 aromatic rings. The van der Waals surface area contributed by atoms with Crippen LogP contribution in [0.25, 0.3) is 66.8 Å². The molecule has 0 spiro atoms. The van der Waals surface area contributed by atoms with E-state index in [1.165, 1.54) is 64.5 Å². The zero-order valence-electron chi connectivity index (χ0n) is 80.6. The fourth-order valence-electron chi connectivity index (χ4n) is 11.0. The maximum Gasteiger partial charge on any atom is 0.338 e. The van der Waals surface area contributed by atoms with Crippen LogP contribution in [0.4, 0.5) is 8.78 Å². The normalized spacial score (nSPS) is 10.2. The van der Waals surface area contributed by atoms with Gasteiger partial charge in [0.1, 0.15) is 91.7 Å². The summed E-state index contributed by atoms with van der Waals surface area (Å²) in [6, 6.07) is 71.6. The van der Waals surface area contributed by atoms with Crippen LogP contribution in [-0.4, -0.2) is 92.1 Å². The van der Waals surface area contributed by atoms with Crippen molar-refractivity contribution in [2.24, 2.45) is 0 Å². The SMILES string of the molecule is C=C(C)C(=O)OCCOc1ccc(-c2ccc(OC(=O)C(=C)C)c(F)c2)cc1OCCOC(=O)C(=C)C.C=C(C)C(=O)Oc1ccc(-c2ccc(-c3ccc(OC(=O)C(=C)C)cc3)cc2)cc1.C=C(C)C(=O)Oc1ccc(-c2ccc(OC(=O)C(=C)C)c(F)c2)cc1.C=C(C)C(=O)Oc1ccc(-c2ccc(OC(=O)C(=C)C)cc2)cc1.C=CC(=O)O/C=C\Oc1ccc(-c2ccc(O/C=C\OC(=O)C=C)cc2)cc1. The summed E-state index contributed by atoms with van der Waals surface area (Å²) in [5.41, 5.74) is 12.9. The van der Waals surface area contributed by atoms with Crippen molar-refractivity contribution in [3.05, 3.63) is 420 Å². The van der Waals surface area contributed by atoms with Gasteiger partial charge in [-0.25, -0.2) is 61.5 Å². The second-order valence-corrected chi connectivity index (χ2v) is 31.0. The third-order valence-corrected chi connectivity index (χ3v) is 18.6. The van der Waals surface area contributed by atoms with Crippen molar-refractivity contribution in [3.8, 4) is 130 Å². The van der Waals surface area contributed by atoms with Crippen LogP contribution in [0.1, 0.15) is 62.3 Å². The molecule has 0 unspecified atom stereocenters. The summed E-state index contributed by atoms with van der Waals surface area (Å²) in [6.07, 6.45) is 6.93. The fourth-order valence-corrected chi connectivity index (χ4v) is 11.0. The molecule has 0 fully saturated rings. The number of hydrogen-bond acceptors (Lipinski definition) is 26. The molecule has 11 rings (SSSR count). The van der Waals surface area contributed by atoms with Crippen LogP contribution in [0.2, 0.25) is 0 Å². The van der Waals surface area contributed by atoms with Crippen LogP contribution in [0.5, 0.6) is 63.2 Å². The number of esters is 11. The van der Waals surface area contributed by atoms with Crippen molar-refractivity contribution in [2.45, 2.75) is 62.3 Å². The first kappa shape index (κ1) is 112. The van der Waals surface area contributed by atoms with Gasteiger partial charge in [-0.15, -0.1) is 0 Å². The highest BCUT2D eigenvalue weighted by molar-refractivity contribution is 5.94. The number of carbonyl (C=O) groups excluding carboxylic acids is 11. The molecule has 0 bridgehead atoms. The number of ether oxygens (including phenoxy) is 15. The van der Waals surface area contributed by atoms with Gasteiger partial charge in [0.05, 0.1) is 0 Å². The van der Waals surface area contributed by atoms with Gasteiger partial charge < -0.3 is 71.1 Å². The fraction of sp³-hybridized carbons (Fsp3) is 0.112. The lowest BCUT2D eigenvalue weighted by atomic mass is 10.0. The van der Waals surface area contributed by atoms with Gasteiger partial charge in [0, 0.05) is 62.3 Å². The van der Waals surface area contributed by atoms with E-state index in [0.717, 1.165) is 69.2 Å². The molecule has 0 N–H and O–H groups in total. The third-order valence-electron chi connectivity index (χ3n) is 18.6. The average Bonchev–Trinajstić information content (AvgIpc) is 0.803. The van der Waals surface area contributed by atoms with Crippen LogP contribution in [0.15, 0.2) is 408 Å². The van der Waals surface area contributed by atoms with Gasteiger partial charge in [-0.3, -0.25) is 0 Å². The van der Waals surface area contributed by atoms with Crippen LogP contribution in [0.3, 0.4) is 0 Å². The molecule has 0 aliphatic rings. The first-order valence-corrected chi connectivity index (χ1v) is 43.5. The van der Waals surface area contributed by atoms with Gasteiger partial charge in [0.15, 0.2) is 34.6 Å². The first-order valence-electron chi connectivity index (χ1n) is 43.5. The number of hydrogen-bond donors (Lipinski definition) is 0. The summed E-state index contributed by atoms with van der Waals surface area (Å²) in [4.78, 5) is 126. The average molecular weight is 1950 g/mol. The van der Waals surface area contributed by atoms with Gasteiger partial charge >= 0.3 is 65.7 Å². The molecule has 0 saturated heterocycles. The Hall–Kier alpha value is -18.7. The van der Waals surface area contributed by atoms with Gasteiger partial charge in [-0.05, 0) is 250 Å². The summed E-state index contributed by atoms with van der Waals surface area (Å²) < 4.78 is 106. The van der Waals surface area contributed by atoms with Gasteiger partial charge in [0.25, 0.3) is 0 Å². The highest BCUT2D eigenvalue weighted by atomic mass is 19.1. The molecule has 0 heterocycles. The van der Waals surface area contributed by atoms with E-state index in [-0.39, 0.29) is 66.0 Å². The van der Waals surface area contributed by atoms with Crippen molar-refractivity contribution < 1.29 is 133 Å². The maximum atomic E-state index is 14.6. The van der Waals surface area contributed by atoms with Crippen molar-refractivity contribution >= 4 is 65.7 Å². The minimum atomic E-state index is -0.735. The largest absolute Gasteiger partial charge is 0.486 e. The Balaban J connectivity index is 0.000000246. The highest BCUT2D eigenvalue weighted by Gasteiger charge is 2.19. The van der Waals surface area contributed by atoms with Crippen molar-refractivity contribution in [1.29, 1.82) is 0 Å². The Morgan fingerprint density at radius 1 is 0.222 bits per heavy atom. The number of benzene rings is 11. The minimum Gasteiger partial charge on any atom is -0.486 e. The second kappa shape index (κ2) is 56.8. The highest BCUT2D eigenvalue weighted by Crippen LogP contribution is 2.37. The molecule has 26 nitrogen and oxygen atoms in total. The van der Waals surface area contributed by atoms with E-state index < -0.39 is 77.3 Å². The molecule has 28 heteroatoms. The van der Waals surface area contributed by atoms with E-state index in [2.05, 4.69) is 81.8 Å². The topological polar surface area (TPSA) is 326 Å². The Morgan fingerprint density at radius 3 is 0.653 bits per heavy atom. The van der Waals surface area contributed by atoms with E-state index in [0.29, 0.717) is 96.1 Å². The lowest BCUT2D eigenvalue weighted by Crippen LogP contribution is -2.14. The summed E-state index contributed by atoms with van der Waals surface area (Å²) >= 11 is 0. The number of halogens is 2. The molecule has 738 valence electrons. The zero-order valence-corrected chi connectivity index (χ0v) is 80.6. The number of rotatable bonds is 38. The number of carbonyl (C=O) groups is 11. The molecule has 0 amide bonds. The van der Waals surface area contributed by atoms with E-state index in [1.54, 1.807) is 162 Å². The lowest BCUT2D eigenvalue weighted by molar-refractivity contribution is -0.140. The van der Waals surface area contributed by atoms with E-state index >= 15 is 0 Å². The Bertz CT molecular complexity index is 6450. The van der Waals surface area contributed by atoms with Gasteiger partial charge in [0.2, 0.25) is 0 Å². The van der Waals surface area contributed by atoms with Crippen molar-refractivity contribution in [2.75, 3.05) is 26.4 Å². The summed E-state index contributed by atoms with van der Waals surface area (Å²) in [7, 11) is 0. The molecule has 0 aliphatic carbocycles. The van der Waals surface area contributed by atoms with E-state index in [1.807, 2.05) is 97.1 Å². The lowest BCUT2D eigenvalue weighted by Gasteiger charge is -2.15. The van der Waals surface area contributed by atoms with E-state index in [4.69, 9.17) is 61.6 Å². The Morgan fingerprint density at radius 2 is 0.417 bits per heavy atom. The standard InChI is InChI=1S/C28H29FO8.C26H22O4.C22H18O6.C20H17FO4.C20H18O4/c1-17(2)26(30)35-13-11-33-24-10-8-21(16-25(24)34-12-14-36-27(31)18(3)4)20-7-9-23(22(29)15-20)37-28(32)19(5)6;1-17(2)25(27)29-23-13-9-21(10-14-23)19-5-7-20(8-6-19)22-11-15-24(16-12-22)30-26(28)18(3)4;1-3-21(23)27-15-13-25-19-9-5-17(6-10-19)18-7-11-20(12-8-18)26-14-16-28-22(24)4-2;1-12(2)19(22)24-16-8-5-14(6-9-16)15-7-10-18(17(21)11-15)25-20(23)13(3)4;1-13(2)19(21)23-17-9-5-15(6-10-17)16-7-11-18(12-8-16)24-20(22)14(3)4/h7-10,15-16H,1,3,5,11-14H2,2,4,6H3;5-16H,1,3H2,2,4H3;3-16H,1-2H2;5-11H,1,3H2,2,4H3;5-12H,1,3H2,2,4H3/b;;15-13-,16-14-;;. The van der Waals surface area contributed by atoms with Crippen molar-refractivity contribution in [3.63, 3.8) is 0 Å². The van der Waals surface area contributed by atoms with Gasteiger partial charge in [-0.1, -0.05) is 200 Å². The molecule has 144 heavy (non-hydrogen) atoms. The summed E-state index contributed by atoms with van der Waals surface area (Å²) in [5.74, 6) is -3.65. The van der Waals surface area contributed by atoms with Crippen LogP contribution in [-0.2, 0) is 71.7 Å². The molecular formula is C116H104F2O26. The van der Waals surface area contributed by atoms with Crippen LogP contribution in [0, 0.1) is 11.6 Å². The molecule has 0 radical (unpaired) electrons.